The van der Waals surface area contributed by atoms with Crippen molar-refractivity contribution < 1.29 is 0 Å². The fourth-order valence-corrected chi connectivity index (χ4v) is 2.27. The number of rotatable bonds is 4. The molecule has 3 nitrogen and oxygen atoms in total. The predicted octanol–water partition coefficient (Wildman–Crippen LogP) is 3.83. The van der Waals surface area contributed by atoms with Gasteiger partial charge in [0.25, 0.3) is 0 Å². The molecule has 104 valence electrons. The molecular weight excluding hydrogens is 266 g/mol. The molecule has 1 heterocycles. The average Bonchev–Trinajstić information content (AvgIpc) is 2.45. The largest absolute Gasteiger partial charge is 0.356 e. The summed E-state index contributed by atoms with van der Waals surface area (Å²) < 4.78 is 0. The third kappa shape index (κ3) is 4.03. The molecule has 0 fully saturated rings. The Kier molecular flexibility index (Phi) is 5.07. The molecule has 20 heavy (non-hydrogen) atoms. The van der Waals surface area contributed by atoms with Crippen LogP contribution >= 0.6 is 12.2 Å². The van der Waals surface area contributed by atoms with Crippen molar-refractivity contribution in [2.75, 3.05) is 5.32 Å². The van der Waals surface area contributed by atoms with Crippen molar-refractivity contribution in [3.63, 3.8) is 0 Å². The Morgan fingerprint density at radius 3 is 2.65 bits per heavy atom. The SMILES string of the molecule is CCC(NC(=S)Nc1cc(C)ccn1)c1ccccc1. The van der Waals surface area contributed by atoms with Gasteiger partial charge in [0.2, 0.25) is 0 Å². The second-order valence-corrected chi connectivity index (χ2v) is 5.10. The number of pyridine rings is 1. The van der Waals surface area contributed by atoms with E-state index in [1.807, 2.05) is 37.3 Å². The van der Waals surface area contributed by atoms with E-state index in [0.29, 0.717) is 5.11 Å². The van der Waals surface area contributed by atoms with E-state index in [-0.39, 0.29) is 6.04 Å². The third-order valence-corrected chi connectivity index (χ3v) is 3.29. The van der Waals surface area contributed by atoms with Gasteiger partial charge in [0.05, 0.1) is 6.04 Å². The van der Waals surface area contributed by atoms with Crippen LogP contribution in [0.3, 0.4) is 0 Å². The smallest absolute Gasteiger partial charge is 0.172 e. The zero-order valence-corrected chi connectivity index (χ0v) is 12.6. The minimum absolute atomic E-state index is 0.209. The van der Waals surface area contributed by atoms with Crippen LogP contribution in [0.25, 0.3) is 0 Å². The molecule has 2 aromatic rings. The quantitative estimate of drug-likeness (QED) is 0.837. The van der Waals surface area contributed by atoms with Gasteiger partial charge in [-0.05, 0) is 48.8 Å². The Bertz CT molecular complexity index is 569. The fourth-order valence-electron chi connectivity index (χ4n) is 2.02. The number of thiocarbonyl (C=S) groups is 1. The topological polar surface area (TPSA) is 37.0 Å². The van der Waals surface area contributed by atoms with E-state index in [4.69, 9.17) is 12.2 Å². The van der Waals surface area contributed by atoms with Crippen LogP contribution in [0.1, 0.15) is 30.5 Å². The summed E-state index contributed by atoms with van der Waals surface area (Å²) in [5.41, 5.74) is 2.39. The van der Waals surface area contributed by atoms with Crippen molar-refractivity contribution in [1.82, 2.24) is 10.3 Å². The highest BCUT2D eigenvalue weighted by Gasteiger charge is 2.10. The predicted molar refractivity (Wildman–Crippen MR) is 87.8 cm³/mol. The molecule has 0 saturated heterocycles. The molecule has 0 saturated carbocycles. The van der Waals surface area contributed by atoms with Gasteiger partial charge >= 0.3 is 0 Å². The molecule has 2 N–H and O–H groups in total. The first-order valence-corrected chi connectivity index (χ1v) is 7.15. The summed E-state index contributed by atoms with van der Waals surface area (Å²) in [4.78, 5) is 4.25. The van der Waals surface area contributed by atoms with Gasteiger partial charge < -0.3 is 10.6 Å². The number of hydrogen-bond donors (Lipinski definition) is 2. The highest BCUT2D eigenvalue weighted by Crippen LogP contribution is 2.16. The molecule has 0 aliphatic rings. The van der Waals surface area contributed by atoms with Crippen LogP contribution in [0.15, 0.2) is 48.7 Å². The van der Waals surface area contributed by atoms with Crippen LogP contribution in [0, 0.1) is 6.92 Å². The van der Waals surface area contributed by atoms with E-state index in [0.717, 1.165) is 17.8 Å². The first-order chi connectivity index (χ1) is 9.69. The Balaban J connectivity index is 2.00. The molecule has 0 radical (unpaired) electrons. The molecule has 1 atom stereocenters. The summed E-state index contributed by atoms with van der Waals surface area (Å²) >= 11 is 5.36. The minimum Gasteiger partial charge on any atom is -0.356 e. The van der Waals surface area contributed by atoms with Crippen LogP contribution in [0.2, 0.25) is 0 Å². The van der Waals surface area contributed by atoms with E-state index < -0.39 is 0 Å². The first kappa shape index (κ1) is 14.5. The molecule has 0 spiro atoms. The fraction of sp³-hybridized carbons (Fsp3) is 0.250. The summed E-state index contributed by atoms with van der Waals surface area (Å²) in [5, 5.41) is 7.05. The molecular formula is C16H19N3S. The highest BCUT2D eigenvalue weighted by atomic mass is 32.1. The lowest BCUT2D eigenvalue weighted by molar-refractivity contribution is 0.629. The van der Waals surface area contributed by atoms with E-state index in [1.54, 1.807) is 6.20 Å². The van der Waals surface area contributed by atoms with Gasteiger partial charge in [0.1, 0.15) is 5.82 Å². The molecule has 0 amide bonds. The lowest BCUT2D eigenvalue weighted by atomic mass is 10.1. The number of aryl methyl sites for hydroxylation is 1. The standard InChI is InChI=1S/C16H19N3S/c1-3-14(13-7-5-4-6-8-13)18-16(20)19-15-11-12(2)9-10-17-15/h4-11,14H,3H2,1-2H3,(H2,17,18,19,20). The summed E-state index contributed by atoms with van der Waals surface area (Å²) in [6, 6.07) is 14.4. The van der Waals surface area contributed by atoms with Crippen LogP contribution in [0.5, 0.6) is 0 Å². The number of benzene rings is 1. The molecule has 0 bridgehead atoms. The maximum absolute atomic E-state index is 5.36. The third-order valence-electron chi connectivity index (χ3n) is 3.07. The molecule has 2 rings (SSSR count). The summed E-state index contributed by atoms with van der Waals surface area (Å²) in [6.07, 6.45) is 2.74. The second kappa shape index (κ2) is 7.01. The molecule has 4 heteroatoms. The zero-order chi connectivity index (χ0) is 14.4. The molecule has 1 unspecified atom stereocenters. The Hall–Kier alpha value is -1.94. The van der Waals surface area contributed by atoms with E-state index in [2.05, 4.69) is 34.7 Å². The van der Waals surface area contributed by atoms with E-state index >= 15 is 0 Å². The first-order valence-electron chi connectivity index (χ1n) is 6.74. The van der Waals surface area contributed by atoms with Crippen molar-refractivity contribution in [3.05, 3.63) is 59.8 Å². The second-order valence-electron chi connectivity index (χ2n) is 4.69. The van der Waals surface area contributed by atoms with Crippen molar-refractivity contribution in [1.29, 1.82) is 0 Å². The number of nitrogens with zero attached hydrogens (tertiary/aromatic N) is 1. The van der Waals surface area contributed by atoms with Crippen molar-refractivity contribution >= 4 is 23.1 Å². The number of aromatic nitrogens is 1. The van der Waals surface area contributed by atoms with Gasteiger partial charge in [0.15, 0.2) is 5.11 Å². The summed E-state index contributed by atoms with van der Waals surface area (Å²) in [5.74, 6) is 0.769. The average molecular weight is 285 g/mol. The molecule has 0 aliphatic carbocycles. The maximum atomic E-state index is 5.36. The number of anilines is 1. The van der Waals surface area contributed by atoms with Gasteiger partial charge in [-0.25, -0.2) is 4.98 Å². The van der Waals surface area contributed by atoms with Crippen LogP contribution < -0.4 is 10.6 Å². The maximum Gasteiger partial charge on any atom is 0.172 e. The van der Waals surface area contributed by atoms with Gasteiger partial charge in [-0.3, -0.25) is 0 Å². The lowest BCUT2D eigenvalue weighted by Gasteiger charge is -2.19. The van der Waals surface area contributed by atoms with Crippen LogP contribution in [-0.4, -0.2) is 10.1 Å². The Morgan fingerprint density at radius 2 is 2.00 bits per heavy atom. The number of hydrogen-bond acceptors (Lipinski definition) is 2. The number of nitrogens with one attached hydrogen (secondary N) is 2. The van der Waals surface area contributed by atoms with Crippen LogP contribution in [-0.2, 0) is 0 Å². The van der Waals surface area contributed by atoms with Crippen LogP contribution in [0.4, 0.5) is 5.82 Å². The molecule has 0 aliphatic heterocycles. The van der Waals surface area contributed by atoms with Gasteiger partial charge in [0, 0.05) is 6.20 Å². The normalized spacial score (nSPS) is 11.7. The summed E-state index contributed by atoms with van der Waals surface area (Å²) in [6.45, 7) is 4.17. The zero-order valence-electron chi connectivity index (χ0n) is 11.8. The van der Waals surface area contributed by atoms with Crippen molar-refractivity contribution in [2.24, 2.45) is 0 Å². The van der Waals surface area contributed by atoms with E-state index in [1.165, 1.54) is 5.56 Å². The van der Waals surface area contributed by atoms with Crippen molar-refractivity contribution in [2.45, 2.75) is 26.3 Å². The molecule has 1 aromatic heterocycles. The van der Waals surface area contributed by atoms with Gasteiger partial charge in [-0.2, -0.15) is 0 Å². The highest BCUT2D eigenvalue weighted by molar-refractivity contribution is 7.80. The van der Waals surface area contributed by atoms with Gasteiger partial charge in [-0.1, -0.05) is 37.3 Å². The molecule has 1 aromatic carbocycles. The Labute approximate surface area is 125 Å². The monoisotopic (exact) mass is 285 g/mol. The Morgan fingerprint density at radius 1 is 1.25 bits per heavy atom. The van der Waals surface area contributed by atoms with Gasteiger partial charge in [-0.15, -0.1) is 0 Å². The van der Waals surface area contributed by atoms with Crippen molar-refractivity contribution in [3.8, 4) is 0 Å². The van der Waals surface area contributed by atoms with E-state index in [9.17, 15) is 0 Å². The minimum atomic E-state index is 0.209. The lowest BCUT2D eigenvalue weighted by Crippen LogP contribution is -2.32. The summed E-state index contributed by atoms with van der Waals surface area (Å²) in [7, 11) is 0.